The number of carboxylic acids is 1. The van der Waals surface area contributed by atoms with Crippen LogP contribution in [0.1, 0.15) is 10.4 Å². The fourth-order valence-corrected chi connectivity index (χ4v) is 1.41. The molecule has 5 heteroatoms. The Morgan fingerprint density at radius 2 is 2.06 bits per heavy atom. The standard InChI is InChI=1S/C13H11NO4/c1-17-10-6-5-9(13(15)16)8-11(10)18-12-4-2-3-7-14-12/h2-8H,1H3,(H,15,16). The van der Waals surface area contributed by atoms with Crippen molar-refractivity contribution in [2.45, 2.75) is 0 Å². The summed E-state index contributed by atoms with van der Waals surface area (Å²) < 4.78 is 10.6. The molecule has 0 saturated carbocycles. The molecule has 0 bridgehead atoms. The van der Waals surface area contributed by atoms with Gasteiger partial charge >= 0.3 is 5.97 Å². The first kappa shape index (κ1) is 11.9. The lowest BCUT2D eigenvalue weighted by Gasteiger charge is -2.09. The van der Waals surface area contributed by atoms with E-state index in [1.807, 2.05) is 0 Å². The molecular weight excluding hydrogens is 234 g/mol. The summed E-state index contributed by atoms with van der Waals surface area (Å²) >= 11 is 0. The quantitative estimate of drug-likeness (QED) is 0.896. The first-order valence-electron chi connectivity index (χ1n) is 5.21. The van der Waals surface area contributed by atoms with Gasteiger partial charge in [-0.05, 0) is 24.3 Å². The van der Waals surface area contributed by atoms with E-state index in [2.05, 4.69) is 4.98 Å². The molecule has 2 aromatic rings. The first-order valence-corrected chi connectivity index (χ1v) is 5.21. The van der Waals surface area contributed by atoms with Gasteiger partial charge in [0.15, 0.2) is 11.5 Å². The number of rotatable bonds is 4. The lowest BCUT2D eigenvalue weighted by atomic mass is 10.2. The zero-order valence-electron chi connectivity index (χ0n) is 9.66. The van der Waals surface area contributed by atoms with Crippen LogP contribution in [-0.2, 0) is 0 Å². The summed E-state index contributed by atoms with van der Waals surface area (Å²) in [6.07, 6.45) is 1.59. The second kappa shape index (κ2) is 5.18. The average molecular weight is 245 g/mol. The number of carboxylic acid groups (broad SMARTS) is 1. The van der Waals surface area contributed by atoms with Gasteiger partial charge in [-0.3, -0.25) is 0 Å². The number of hydrogen-bond donors (Lipinski definition) is 1. The van der Waals surface area contributed by atoms with E-state index in [9.17, 15) is 4.79 Å². The van der Waals surface area contributed by atoms with Crippen LogP contribution in [0.3, 0.4) is 0 Å². The summed E-state index contributed by atoms with van der Waals surface area (Å²) in [5.41, 5.74) is 0.127. The van der Waals surface area contributed by atoms with Crippen molar-refractivity contribution in [2.24, 2.45) is 0 Å². The molecule has 0 atom stereocenters. The lowest BCUT2D eigenvalue weighted by Crippen LogP contribution is -1.98. The molecule has 0 spiro atoms. The van der Waals surface area contributed by atoms with Crippen LogP contribution in [0.2, 0.25) is 0 Å². The Morgan fingerprint density at radius 3 is 2.67 bits per heavy atom. The predicted octanol–water partition coefficient (Wildman–Crippen LogP) is 2.58. The van der Waals surface area contributed by atoms with Crippen LogP contribution in [0.15, 0.2) is 42.6 Å². The minimum absolute atomic E-state index is 0.127. The summed E-state index contributed by atoms with van der Waals surface area (Å²) in [7, 11) is 1.49. The maximum absolute atomic E-state index is 10.9. The van der Waals surface area contributed by atoms with E-state index >= 15 is 0 Å². The molecule has 5 nitrogen and oxygen atoms in total. The number of pyridine rings is 1. The third kappa shape index (κ3) is 2.57. The molecule has 0 unspecified atom stereocenters. The summed E-state index contributed by atoms with van der Waals surface area (Å²) in [6, 6.07) is 9.60. The fourth-order valence-electron chi connectivity index (χ4n) is 1.41. The second-order valence-electron chi connectivity index (χ2n) is 3.44. The molecule has 0 aliphatic heterocycles. The van der Waals surface area contributed by atoms with Crippen LogP contribution in [-0.4, -0.2) is 23.2 Å². The molecule has 1 aromatic heterocycles. The molecule has 1 N–H and O–H groups in total. The number of nitrogens with zero attached hydrogens (tertiary/aromatic N) is 1. The molecule has 1 aromatic carbocycles. The van der Waals surface area contributed by atoms with Crippen molar-refractivity contribution in [3.63, 3.8) is 0 Å². The van der Waals surface area contributed by atoms with Crippen LogP contribution in [0.25, 0.3) is 0 Å². The normalized spacial score (nSPS) is 9.83. The maximum atomic E-state index is 10.9. The number of aromatic carboxylic acids is 1. The highest BCUT2D eigenvalue weighted by atomic mass is 16.5. The van der Waals surface area contributed by atoms with Crippen molar-refractivity contribution in [1.29, 1.82) is 0 Å². The van der Waals surface area contributed by atoms with Gasteiger partial charge in [-0.1, -0.05) is 6.07 Å². The first-order chi connectivity index (χ1) is 8.70. The van der Waals surface area contributed by atoms with Crippen LogP contribution >= 0.6 is 0 Å². The Bertz CT molecular complexity index is 554. The molecule has 2 rings (SSSR count). The molecular formula is C13H11NO4. The van der Waals surface area contributed by atoms with Crippen molar-refractivity contribution < 1.29 is 19.4 Å². The largest absolute Gasteiger partial charge is 0.493 e. The van der Waals surface area contributed by atoms with Crippen LogP contribution in [0, 0.1) is 0 Å². The summed E-state index contributed by atoms with van der Waals surface area (Å²) in [6.45, 7) is 0. The van der Waals surface area contributed by atoms with Gasteiger partial charge in [-0.25, -0.2) is 9.78 Å². The highest BCUT2D eigenvalue weighted by molar-refractivity contribution is 5.88. The van der Waals surface area contributed by atoms with Crippen molar-refractivity contribution in [3.8, 4) is 17.4 Å². The van der Waals surface area contributed by atoms with Gasteiger partial charge in [0, 0.05) is 12.3 Å². The highest BCUT2D eigenvalue weighted by Crippen LogP contribution is 2.31. The monoisotopic (exact) mass is 245 g/mol. The summed E-state index contributed by atoms with van der Waals surface area (Å²) in [5.74, 6) is 0.114. The van der Waals surface area contributed by atoms with E-state index in [-0.39, 0.29) is 5.56 Å². The Hall–Kier alpha value is -2.56. The fraction of sp³-hybridized carbons (Fsp3) is 0.0769. The maximum Gasteiger partial charge on any atom is 0.335 e. The topological polar surface area (TPSA) is 68.7 Å². The van der Waals surface area contributed by atoms with Gasteiger partial charge < -0.3 is 14.6 Å². The number of benzene rings is 1. The molecule has 1 heterocycles. The third-order valence-electron chi connectivity index (χ3n) is 2.26. The third-order valence-corrected chi connectivity index (χ3v) is 2.26. The minimum Gasteiger partial charge on any atom is -0.493 e. The number of methoxy groups -OCH3 is 1. The Labute approximate surface area is 104 Å². The molecule has 92 valence electrons. The molecule has 18 heavy (non-hydrogen) atoms. The van der Waals surface area contributed by atoms with Crippen molar-refractivity contribution in [1.82, 2.24) is 4.98 Å². The zero-order valence-corrected chi connectivity index (χ0v) is 9.66. The van der Waals surface area contributed by atoms with Crippen molar-refractivity contribution >= 4 is 5.97 Å². The van der Waals surface area contributed by atoms with Gasteiger partial charge in [0.05, 0.1) is 12.7 Å². The van der Waals surface area contributed by atoms with E-state index < -0.39 is 5.97 Å². The number of aromatic nitrogens is 1. The zero-order chi connectivity index (χ0) is 13.0. The van der Waals surface area contributed by atoms with Crippen LogP contribution in [0.5, 0.6) is 17.4 Å². The summed E-state index contributed by atoms with van der Waals surface area (Å²) in [5, 5.41) is 8.93. The number of ether oxygens (including phenoxy) is 2. The molecule has 0 fully saturated rings. The van der Waals surface area contributed by atoms with E-state index in [0.29, 0.717) is 17.4 Å². The Balaban J connectivity index is 2.35. The van der Waals surface area contributed by atoms with Crippen LogP contribution < -0.4 is 9.47 Å². The van der Waals surface area contributed by atoms with Gasteiger partial charge in [-0.15, -0.1) is 0 Å². The van der Waals surface area contributed by atoms with E-state index in [1.165, 1.54) is 19.2 Å². The highest BCUT2D eigenvalue weighted by Gasteiger charge is 2.11. The van der Waals surface area contributed by atoms with E-state index in [0.717, 1.165) is 0 Å². The number of hydrogen-bond acceptors (Lipinski definition) is 4. The van der Waals surface area contributed by atoms with Crippen LogP contribution in [0.4, 0.5) is 0 Å². The Morgan fingerprint density at radius 1 is 1.22 bits per heavy atom. The lowest BCUT2D eigenvalue weighted by molar-refractivity contribution is 0.0696. The second-order valence-corrected chi connectivity index (χ2v) is 3.44. The number of carbonyl (C=O) groups is 1. The van der Waals surface area contributed by atoms with Gasteiger partial charge in [0.1, 0.15) is 0 Å². The molecule has 0 aliphatic rings. The Kier molecular flexibility index (Phi) is 3.43. The molecule has 0 saturated heterocycles. The predicted molar refractivity (Wildman–Crippen MR) is 64.3 cm³/mol. The van der Waals surface area contributed by atoms with Crippen molar-refractivity contribution in [3.05, 3.63) is 48.2 Å². The van der Waals surface area contributed by atoms with Gasteiger partial charge in [0.25, 0.3) is 0 Å². The minimum atomic E-state index is -1.02. The van der Waals surface area contributed by atoms with Crippen molar-refractivity contribution in [2.75, 3.05) is 7.11 Å². The SMILES string of the molecule is COc1ccc(C(=O)O)cc1Oc1ccccn1. The van der Waals surface area contributed by atoms with E-state index in [1.54, 1.807) is 30.5 Å². The average Bonchev–Trinajstić information content (AvgIpc) is 2.39. The summed E-state index contributed by atoms with van der Waals surface area (Å²) in [4.78, 5) is 14.9. The molecule has 0 amide bonds. The smallest absolute Gasteiger partial charge is 0.335 e. The van der Waals surface area contributed by atoms with E-state index in [4.69, 9.17) is 14.6 Å². The van der Waals surface area contributed by atoms with Gasteiger partial charge in [-0.2, -0.15) is 0 Å². The molecule has 0 radical (unpaired) electrons. The van der Waals surface area contributed by atoms with Gasteiger partial charge in [0.2, 0.25) is 5.88 Å². The molecule has 0 aliphatic carbocycles.